The molecule has 1 amide bonds. The fourth-order valence-electron chi connectivity index (χ4n) is 2.67. The van der Waals surface area contributed by atoms with E-state index < -0.39 is 0 Å². The summed E-state index contributed by atoms with van der Waals surface area (Å²) < 4.78 is 0. The van der Waals surface area contributed by atoms with Gasteiger partial charge in [-0.05, 0) is 26.7 Å². The lowest BCUT2D eigenvalue weighted by Gasteiger charge is -2.38. The second-order valence-electron chi connectivity index (χ2n) is 5.70. The molecule has 0 aromatic carbocycles. The maximum absolute atomic E-state index is 12.4. The molecule has 0 aliphatic carbocycles. The molecule has 3 heteroatoms. The predicted octanol–water partition coefficient (Wildman–Crippen LogP) is 2.76. The summed E-state index contributed by atoms with van der Waals surface area (Å²) >= 11 is 0. The normalized spacial score (nSPS) is 19.3. The van der Waals surface area contributed by atoms with Crippen LogP contribution in [0.15, 0.2) is 0 Å². The molecule has 0 radical (unpaired) electrons. The summed E-state index contributed by atoms with van der Waals surface area (Å²) in [5, 5.41) is 0. The smallest absolute Gasteiger partial charge is 0.225 e. The van der Waals surface area contributed by atoms with Gasteiger partial charge in [-0.3, -0.25) is 9.69 Å². The van der Waals surface area contributed by atoms with Crippen molar-refractivity contribution in [2.75, 3.05) is 26.2 Å². The molecule has 1 atom stereocenters. The zero-order valence-electron chi connectivity index (χ0n) is 12.6. The quantitative estimate of drug-likeness (QED) is 0.727. The molecule has 1 heterocycles. The third-order valence-corrected chi connectivity index (χ3v) is 4.10. The van der Waals surface area contributed by atoms with Crippen LogP contribution in [0.4, 0.5) is 0 Å². The molecule has 1 aliphatic rings. The van der Waals surface area contributed by atoms with E-state index in [1.54, 1.807) is 0 Å². The monoisotopic (exact) mass is 254 g/mol. The molecular formula is C15H30N2O. The first-order valence-electron chi connectivity index (χ1n) is 7.62. The summed E-state index contributed by atoms with van der Waals surface area (Å²) in [7, 11) is 0. The van der Waals surface area contributed by atoms with Crippen LogP contribution in [0.5, 0.6) is 0 Å². The molecule has 0 N–H and O–H groups in total. The summed E-state index contributed by atoms with van der Waals surface area (Å²) in [5.41, 5.74) is 0. The second kappa shape index (κ2) is 7.78. The van der Waals surface area contributed by atoms with Crippen molar-refractivity contribution in [2.24, 2.45) is 5.92 Å². The molecular weight excluding hydrogens is 224 g/mol. The third-order valence-electron chi connectivity index (χ3n) is 4.10. The average molecular weight is 254 g/mol. The molecule has 1 rings (SSSR count). The molecule has 1 aliphatic heterocycles. The van der Waals surface area contributed by atoms with Gasteiger partial charge in [0.2, 0.25) is 5.91 Å². The standard InChI is InChI=1S/C15H30N2O/c1-5-7-8-14(6-2)15(18)17-11-9-16(10-12-17)13(3)4/h13-14H,5-12H2,1-4H3/t14-/m0/s1. The zero-order valence-corrected chi connectivity index (χ0v) is 12.6. The lowest BCUT2D eigenvalue weighted by Crippen LogP contribution is -2.52. The Kier molecular flexibility index (Phi) is 6.69. The van der Waals surface area contributed by atoms with Crippen LogP contribution in [0.2, 0.25) is 0 Å². The van der Waals surface area contributed by atoms with Crippen molar-refractivity contribution in [3.8, 4) is 0 Å². The summed E-state index contributed by atoms with van der Waals surface area (Å²) in [6, 6.07) is 0.601. The van der Waals surface area contributed by atoms with Gasteiger partial charge < -0.3 is 4.90 Å². The van der Waals surface area contributed by atoms with E-state index in [9.17, 15) is 4.79 Å². The molecule has 1 saturated heterocycles. The highest BCUT2D eigenvalue weighted by molar-refractivity contribution is 5.78. The largest absolute Gasteiger partial charge is 0.340 e. The maximum atomic E-state index is 12.4. The SMILES string of the molecule is CCCC[C@H](CC)C(=O)N1CCN(C(C)C)CC1. The third kappa shape index (κ3) is 4.27. The first-order valence-corrected chi connectivity index (χ1v) is 7.62. The zero-order chi connectivity index (χ0) is 13.5. The minimum atomic E-state index is 0.260. The Morgan fingerprint density at radius 1 is 1.11 bits per heavy atom. The van der Waals surface area contributed by atoms with Crippen molar-refractivity contribution in [3.63, 3.8) is 0 Å². The first-order chi connectivity index (χ1) is 8.60. The van der Waals surface area contributed by atoms with E-state index in [0.717, 1.165) is 39.0 Å². The topological polar surface area (TPSA) is 23.6 Å². The van der Waals surface area contributed by atoms with Gasteiger partial charge in [-0.2, -0.15) is 0 Å². The lowest BCUT2D eigenvalue weighted by molar-refractivity contribution is -0.138. The number of hydrogen-bond acceptors (Lipinski definition) is 2. The molecule has 0 bridgehead atoms. The van der Waals surface area contributed by atoms with Crippen molar-refractivity contribution in [1.82, 2.24) is 9.80 Å². The fraction of sp³-hybridized carbons (Fsp3) is 0.933. The first kappa shape index (κ1) is 15.5. The molecule has 3 nitrogen and oxygen atoms in total. The second-order valence-corrected chi connectivity index (χ2v) is 5.70. The van der Waals surface area contributed by atoms with E-state index >= 15 is 0 Å². The van der Waals surface area contributed by atoms with E-state index in [1.807, 2.05) is 0 Å². The molecule has 0 spiro atoms. The van der Waals surface area contributed by atoms with Crippen LogP contribution in [0.3, 0.4) is 0 Å². The van der Waals surface area contributed by atoms with Gasteiger partial charge in [-0.1, -0.05) is 26.7 Å². The van der Waals surface area contributed by atoms with Gasteiger partial charge in [-0.25, -0.2) is 0 Å². The predicted molar refractivity (Wildman–Crippen MR) is 76.6 cm³/mol. The molecule has 1 fully saturated rings. The van der Waals surface area contributed by atoms with Gasteiger partial charge in [0, 0.05) is 38.1 Å². The van der Waals surface area contributed by atoms with Gasteiger partial charge in [0.15, 0.2) is 0 Å². The van der Waals surface area contributed by atoms with E-state index in [4.69, 9.17) is 0 Å². The number of carbonyl (C=O) groups excluding carboxylic acids is 1. The Bertz CT molecular complexity index is 245. The number of carbonyl (C=O) groups is 1. The van der Waals surface area contributed by atoms with Gasteiger partial charge >= 0.3 is 0 Å². The van der Waals surface area contributed by atoms with Crippen molar-refractivity contribution in [1.29, 1.82) is 0 Å². The lowest BCUT2D eigenvalue weighted by atomic mass is 9.97. The van der Waals surface area contributed by atoms with Crippen LogP contribution in [0.25, 0.3) is 0 Å². The number of rotatable bonds is 6. The molecule has 0 aromatic rings. The Hall–Kier alpha value is -0.570. The molecule has 18 heavy (non-hydrogen) atoms. The van der Waals surface area contributed by atoms with Crippen molar-refractivity contribution in [2.45, 2.75) is 59.4 Å². The number of amides is 1. The highest BCUT2D eigenvalue weighted by Gasteiger charge is 2.26. The number of piperazine rings is 1. The average Bonchev–Trinajstić information content (AvgIpc) is 2.39. The van der Waals surface area contributed by atoms with Crippen LogP contribution in [0.1, 0.15) is 53.4 Å². The van der Waals surface area contributed by atoms with E-state index in [1.165, 1.54) is 12.8 Å². The van der Waals surface area contributed by atoms with Crippen molar-refractivity contribution < 1.29 is 4.79 Å². The van der Waals surface area contributed by atoms with E-state index in [0.29, 0.717) is 11.9 Å². The van der Waals surface area contributed by atoms with Gasteiger partial charge in [-0.15, -0.1) is 0 Å². The van der Waals surface area contributed by atoms with E-state index in [2.05, 4.69) is 37.5 Å². The van der Waals surface area contributed by atoms with E-state index in [-0.39, 0.29) is 5.92 Å². The minimum Gasteiger partial charge on any atom is -0.340 e. The number of hydrogen-bond donors (Lipinski definition) is 0. The van der Waals surface area contributed by atoms with Crippen molar-refractivity contribution >= 4 is 5.91 Å². The van der Waals surface area contributed by atoms with Gasteiger partial charge in [0.05, 0.1) is 0 Å². The van der Waals surface area contributed by atoms with Crippen molar-refractivity contribution in [3.05, 3.63) is 0 Å². The Morgan fingerprint density at radius 3 is 2.17 bits per heavy atom. The minimum absolute atomic E-state index is 0.260. The summed E-state index contributed by atoms with van der Waals surface area (Å²) in [4.78, 5) is 17.0. The maximum Gasteiger partial charge on any atom is 0.225 e. The van der Waals surface area contributed by atoms with Gasteiger partial charge in [0.25, 0.3) is 0 Å². The Balaban J connectivity index is 2.42. The summed E-state index contributed by atoms with van der Waals surface area (Å²) in [6.07, 6.45) is 4.42. The van der Waals surface area contributed by atoms with Crippen LogP contribution in [-0.4, -0.2) is 47.9 Å². The Morgan fingerprint density at radius 2 is 1.72 bits per heavy atom. The summed E-state index contributed by atoms with van der Waals surface area (Å²) in [6.45, 7) is 12.7. The fourth-order valence-corrected chi connectivity index (χ4v) is 2.67. The molecule has 106 valence electrons. The highest BCUT2D eigenvalue weighted by Crippen LogP contribution is 2.17. The number of nitrogens with zero attached hydrogens (tertiary/aromatic N) is 2. The highest BCUT2D eigenvalue weighted by atomic mass is 16.2. The van der Waals surface area contributed by atoms with Crippen LogP contribution >= 0.6 is 0 Å². The molecule has 0 saturated carbocycles. The summed E-state index contributed by atoms with van der Waals surface area (Å²) in [5.74, 6) is 0.657. The van der Waals surface area contributed by atoms with Crippen LogP contribution < -0.4 is 0 Å². The Labute approximate surface area is 113 Å². The van der Waals surface area contributed by atoms with Gasteiger partial charge in [0.1, 0.15) is 0 Å². The molecule has 0 aromatic heterocycles. The molecule has 0 unspecified atom stereocenters. The van der Waals surface area contributed by atoms with Crippen LogP contribution in [-0.2, 0) is 4.79 Å². The van der Waals surface area contributed by atoms with Crippen LogP contribution in [0, 0.1) is 5.92 Å². The number of unbranched alkanes of at least 4 members (excludes halogenated alkanes) is 1.